The highest BCUT2D eigenvalue weighted by atomic mass is 19.1. The van der Waals surface area contributed by atoms with Gasteiger partial charge in [0.15, 0.2) is 0 Å². The molecule has 2 heterocycles. The Bertz CT molecular complexity index is 1050. The summed E-state index contributed by atoms with van der Waals surface area (Å²) in [6, 6.07) is 15.5. The third-order valence-corrected chi connectivity index (χ3v) is 5.34. The summed E-state index contributed by atoms with van der Waals surface area (Å²) in [5, 5.41) is 17.2. The fourth-order valence-electron chi connectivity index (χ4n) is 3.73. The van der Waals surface area contributed by atoms with Crippen LogP contribution in [0.25, 0.3) is 11.3 Å². The number of H-pyrrole nitrogens is 1. The molecule has 1 aliphatic rings. The molecule has 1 saturated heterocycles. The van der Waals surface area contributed by atoms with Gasteiger partial charge in [-0.1, -0.05) is 30.3 Å². The Morgan fingerprint density at radius 2 is 1.87 bits per heavy atom. The lowest BCUT2D eigenvalue weighted by atomic mass is 10.1. The monoisotopic (exact) mass is 422 g/mol. The van der Waals surface area contributed by atoms with E-state index < -0.39 is 12.0 Å². The van der Waals surface area contributed by atoms with E-state index in [1.165, 1.54) is 23.2 Å². The van der Waals surface area contributed by atoms with Crippen molar-refractivity contribution in [3.63, 3.8) is 0 Å². The molecule has 1 atom stereocenters. The minimum atomic E-state index is -0.854. The lowest BCUT2D eigenvalue weighted by Gasteiger charge is -2.22. The van der Waals surface area contributed by atoms with Gasteiger partial charge >= 0.3 is 0 Å². The van der Waals surface area contributed by atoms with Crippen molar-refractivity contribution in [2.45, 2.75) is 12.5 Å². The first-order valence-electron chi connectivity index (χ1n) is 10.1. The molecule has 2 aromatic carbocycles. The zero-order valence-electron chi connectivity index (χ0n) is 16.9. The maximum absolute atomic E-state index is 13.2. The van der Waals surface area contributed by atoms with Gasteiger partial charge in [-0.05, 0) is 36.2 Å². The summed E-state index contributed by atoms with van der Waals surface area (Å²) in [7, 11) is 0. The number of β-amino-alcohol motifs (C(OH)–C–C–N with tert-alkyl or cyclic N) is 1. The predicted octanol–water partition coefficient (Wildman–Crippen LogP) is 2.10. The molecule has 4 rings (SSSR count). The summed E-state index contributed by atoms with van der Waals surface area (Å²) in [6.45, 7) is 0.555. The number of amides is 2. The predicted molar refractivity (Wildman–Crippen MR) is 113 cm³/mol. The minimum Gasteiger partial charge on any atom is -0.389 e. The van der Waals surface area contributed by atoms with E-state index in [1.807, 2.05) is 30.3 Å². The zero-order valence-corrected chi connectivity index (χ0v) is 16.9. The van der Waals surface area contributed by atoms with Crippen LogP contribution in [-0.2, 0) is 11.2 Å². The van der Waals surface area contributed by atoms with Gasteiger partial charge in [-0.25, -0.2) is 4.39 Å². The van der Waals surface area contributed by atoms with Crippen LogP contribution in [-0.4, -0.2) is 69.2 Å². The topological polar surface area (TPSA) is 89.5 Å². The maximum Gasteiger partial charge on any atom is 0.258 e. The molecule has 0 bridgehead atoms. The van der Waals surface area contributed by atoms with E-state index in [0.717, 1.165) is 5.56 Å². The number of carbonyl (C=O) groups excluding carboxylic acids is 2. The molecule has 2 N–H and O–H groups in total. The van der Waals surface area contributed by atoms with Crippen molar-refractivity contribution in [2.75, 3.05) is 26.2 Å². The lowest BCUT2D eigenvalue weighted by Crippen LogP contribution is -2.40. The van der Waals surface area contributed by atoms with Crippen LogP contribution < -0.4 is 0 Å². The van der Waals surface area contributed by atoms with Crippen LogP contribution in [0, 0.1) is 5.82 Å². The quantitative estimate of drug-likeness (QED) is 0.659. The van der Waals surface area contributed by atoms with Gasteiger partial charge in [0.05, 0.1) is 23.6 Å². The molecule has 8 heteroatoms. The first-order chi connectivity index (χ1) is 15.0. The number of halogens is 1. The van der Waals surface area contributed by atoms with Crippen LogP contribution in [0.4, 0.5) is 4.39 Å². The summed E-state index contributed by atoms with van der Waals surface area (Å²) >= 11 is 0. The van der Waals surface area contributed by atoms with Gasteiger partial charge in [0.2, 0.25) is 5.91 Å². The van der Waals surface area contributed by atoms with Crippen LogP contribution in [0.1, 0.15) is 15.9 Å². The molecule has 1 unspecified atom stereocenters. The van der Waals surface area contributed by atoms with E-state index in [-0.39, 0.29) is 36.9 Å². The molecule has 0 saturated carbocycles. The van der Waals surface area contributed by atoms with E-state index in [0.29, 0.717) is 24.2 Å². The van der Waals surface area contributed by atoms with Crippen LogP contribution >= 0.6 is 0 Å². The van der Waals surface area contributed by atoms with Crippen molar-refractivity contribution < 1.29 is 19.1 Å². The standard InChI is InChI=1S/C23H23FN4O3/c24-18-8-6-17(7-9-18)22-20(12-25-26-22)23(31)28-14-19(29)13-27(21(30)15-28)11-10-16-4-2-1-3-5-16/h1-9,12,19,29H,10-11,13-15H2,(H,25,26). The average Bonchev–Trinajstić information content (AvgIpc) is 3.21. The van der Waals surface area contributed by atoms with Gasteiger partial charge in [-0.3, -0.25) is 14.7 Å². The van der Waals surface area contributed by atoms with Gasteiger partial charge in [0.1, 0.15) is 12.4 Å². The molecule has 1 aromatic heterocycles. The molecule has 0 aliphatic carbocycles. The van der Waals surface area contributed by atoms with Crippen molar-refractivity contribution in [1.29, 1.82) is 0 Å². The van der Waals surface area contributed by atoms with Crippen molar-refractivity contribution in [1.82, 2.24) is 20.0 Å². The number of hydrogen-bond acceptors (Lipinski definition) is 4. The van der Waals surface area contributed by atoms with E-state index in [2.05, 4.69) is 10.2 Å². The molecule has 1 aliphatic heterocycles. The van der Waals surface area contributed by atoms with Crippen molar-refractivity contribution in [3.8, 4) is 11.3 Å². The molecule has 31 heavy (non-hydrogen) atoms. The van der Waals surface area contributed by atoms with E-state index in [9.17, 15) is 19.1 Å². The van der Waals surface area contributed by atoms with E-state index in [4.69, 9.17) is 0 Å². The fourth-order valence-corrected chi connectivity index (χ4v) is 3.73. The van der Waals surface area contributed by atoms with Crippen molar-refractivity contribution >= 4 is 11.8 Å². The Morgan fingerprint density at radius 1 is 1.13 bits per heavy atom. The number of hydrogen-bond donors (Lipinski definition) is 2. The summed E-state index contributed by atoms with van der Waals surface area (Å²) in [6.07, 6.45) is 1.20. The molecule has 2 amide bonds. The highest BCUT2D eigenvalue weighted by molar-refractivity contribution is 6.01. The van der Waals surface area contributed by atoms with Gasteiger partial charge in [-0.15, -0.1) is 0 Å². The number of rotatable bonds is 5. The normalized spacial score (nSPS) is 17.0. The Balaban J connectivity index is 1.48. The second-order valence-electron chi connectivity index (χ2n) is 7.58. The SMILES string of the molecule is O=C1CN(C(=O)c2cn[nH]c2-c2ccc(F)cc2)CC(O)CN1CCc1ccccc1. The number of nitrogens with zero attached hydrogens (tertiary/aromatic N) is 3. The number of aromatic nitrogens is 2. The lowest BCUT2D eigenvalue weighted by molar-refractivity contribution is -0.131. The summed E-state index contributed by atoms with van der Waals surface area (Å²) in [5.74, 6) is -1.01. The Hall–Kier alpha value is -3.52. The minimum absolute atomic E-state index is 0.0421. The zero-order chi connectivity index (χ0) is 21.8. The number of carbonyl (C=O) groups is 2. The molecule has 3 aromatic rings. The van der Waals surface area contributed by atoms with Crippen molar-refractivity contribution in [2.24, 2.45) is 0 Å². The molecule has 0 spiro atoms. The van der Waals surface area contributed by atoms with Gasteiger partial charge in [0, 0.05) is 25.2 Å². The highest BCUT2D eigenvalue weighted by Crippen LogP contribution is 2.23. The Labute approximate surface area is 179 Å². The summed E-state index contributed by atoms with van der Waals surface area (Å²) in [5.41, 5.74) is 2.42. The Morgan fingerprint density at radius 3 is 2.61 bits per heavy atom. The largest absolute Gasteiger partial charge is 0.389 e. The van der Waals surface area contributed by atoms with Crippen LogP contribution in [0.3, 0.4) is 0 Å². The molecule has 7 nitrogen and oxygen atoms in total. The summed E-state index contributed by atoms with van der Waals surface area (Å²) < 4.78 is 13.2. The molecular formula is C23H23FN4O3. The van der Waals surface area contributed by atoms with Gasteiger partial charge in [-0.2, -0.15) is 5.10 Å². The molecule has 160 valence electrons. The second kappa shape index (κ2) is 9.09. The number of benzene rings is 2. The van der Waals surface area contributed by atoms with Crippen molar-refractivity contribution in [3.05, 3.63) is 77.7 Å². The number of aliphatic hydroxyl groups is 1. The second-order valence-corrected chi connectivity index (χ2v) is 7.58. The molecule has 1 fully saturated rings. The first kappa shape index (κ1) is 20.7. The van der Waals surface area contributed by atoms with E-state index >= 15 is 0 Å². The molecular weight excluding hydrogens is 399 g/mol. The third kappa shape index (κ3) is 4.80. The summed E-state index contributed by atoms with van der Waals surface area (Å²) in [4.78, 5) is 28.9. The number of aliphatic hydroxyl groups excluding tert-OH is 1. The first-order valence-corrected chi connectivity index (χ1v) is 10.1. The number of nitrogens with one attached hydrogen (secondary N) is 1. The number of aromatic amines is 1. The Kier molecular flexibility index (Phi) is 6.08. The highest BCUT2D eigenvalue weighted by Gasteiger charge is 2.31. The van der Waals surface area contributed by atoms with Gasteiger partial charge < -0.3 is 14.9 Å². The third-order valence-electron chi connectivity index (χ3n) is 5.34. The maximum atomic E-state index is 13.2. The fraction of sp³-hybridized carbons (Fsp3) is 0.261. The van der Waals surface area contributed by atoms with Crippen LogP contribution in [0.5, 0.6) is 0 Å². The van der Waals surface area contributed by atoms with E-state index in [1.54, 1.807) is 17.0 Å². The van der Waals surface area contributed by atoms with Gasteiger partial charge in [0.25, 0.3) is 5.91 Å². The average molecular weight is 422 g/mol. The van der Waals surface area contributed by atoms with Crippen LogP contribution in [0.15, 0.2) is 60.8 Å². The van der Waals surface area contributed by atoms with Crippen LogP contribution in [0.2, 0.25) is 0 Å². The molecule has 0 radical (unpaired) electrons. The smallest absolute Gasteiger partial charge is 0.258 e.